The maximum atomic E-state index is 10.7. The number of aliphatic hydroxyl groups excluding tert-OH is 1. The molecule has 2 aliphatic rings. The van der Waals surface area contributed by atoms with E-state index in [1.54, 1.807) is 0 Å². The van der Waals surface area contributed by atoms with Crippen LogP contribution >= 0.6 is 0 Å². The summed E-state index contributed by atoms with van der Waals surface area (Å²) in [5.41, 5.74) is 0.295. The van der Waals surface area contributed by atoms with Crippen LogP contribution in [-0.2, 0) is 0 Å². The molecule has 0 spiro atoms. The van der Waals surface area contributed by atoms with Gasteiger partial charge in [-0.25, -0.2) is 0 Å². The van der Waals surface area contributed by atoms with Crippen LogP contribution < -0.4 is 0 Å². The van der Waals surface area contributed by atoms with Gasteiger partial charge in [0.15, 0.2) is 0 Å². The highest BCUT2D eigenvalue weighted by atomic mass is 16.3. The van der Waals surface area contributed by atoms with Gasteiger partial charge >= 0.3 is 0 Å². The minimum absolute atomic E-state index is 0.0000926. The average molecular weight is 224 g/mol. The fraction of sp³-hybridized carbons (Fsp3) is 1.00. The quantitative estimate of drug-likeness (QED) is 0.760. The zero-order chi connectivity index (χ0) is 11.6. The first-order valence-electron chi connectivity index (χ1n) is 7.32. The van der Waals surface area contributed by atoms with Gasteiger partial charge in [-0.05, 0) is 49.4 Å². The third-order valence-electron chi connectivity index (χ3n) is 4.89. The van der Waals surface area contributed by atoms with Gasteiger partial charge < -0.3 is 5.11 Å². The molecule has 1 unspecified atom stereocenters. The molecule has 2 saturated carbocycles. The van der Waals surface area contributed by atoms with E-state index >= 15 is 0 Å². The second kappa shape index (κ2) is 5.08. The van der Waals surface area contributed by atoms with E-state index in [0.29, 0.717) is 11.3 Å². The third kappa shape index (κ3) is 2.45. The SMILES string of the molecule is CC(C)CC1(C(O)C2CCCC2)CCCC1. The fourth-order valence-electron chi connectivity index (χ4n) is 4.29. The Morgan fingerprint density at radius 1 is 1.06 bits per heavy atom. The molecule has 94 valence electrons. The van der Waals surface area contributed by atoms with Crippen molar-refractivity contribution in [1.82, 2.24) is 0 Å². The summed E-state index contributed by atoms with van der Waals surface area (Å²) in [5, 5.41) is 10.7. The predicted octanol–water partition coefficient (Wildman–Crippen LogP) is 4.14. The molecule has 0 aromatic rings. The number of aliphatic hydroxyl groups is 1. The molecular weight excluding hydrogens is 196 g/mol. The molecule has 0 amide bonds. The fourth-order valence-corrected chi connectivity index (χ4v) is 4.29. The second-order valence-electron chi connectivity index (χ2n) is 6.66. The molecule has 0 aromatic carbocycles. The first-order chi connectivity index (χ1) is 7.64. The minimum atomic E-state index is -0.0000926. The predicted molar refractivity (Wildman–Crippen MR) is 68.3 cm³/mol. The largest absolute Gasteiger partial charge is 0.392 e. The highest BCUT2D eigenvalue weighted by Gasteiger charge is 2.44. The Morgan fingerprint density at radius 2 is 1.62 bits per heavy atom. The monoisotopic (exact) mass is 224 g/mol. The summed E-state index contributed by atoms with van der Waals surface area (Å²) < 4.78 is 0. The lowest BCUT2D eigenvalue weighted by Gasteiger charge is -2.39. The van der Waals surface area contributed by atoms with Crippen molar-refractivity contribution in [3.8, 4) is 0 Å². The molecule has 2 aliphatic carbocycles. The van der Waals surface area contributed by atoms with E-state index < -0.39 is 0 Å². The Morgan fingerprint density at radius 3 is 2.12 bits per heavy atom. The van der Waals surface area contributed by atoms with Gasteiger partial charge in [-0.3, -0.25) is 0 Å². The zero-order valence-electron chi connectivity index (χ0n) is 11.0. The number of hydrogen-bond acceptors (Lipinski definition) is 1. The van der Waals surface area contributed by atoms with E-state index in [1.165, 1.54) is 57.8 Å². The second-order valence-corrected chi connectivity index (χ2v) is 6.66. The average Bonchev–Trinajstić information content (AvgIpc) is 2.85. The first-order valence-corrected chi connectivity index (χ1v) is 7.32. The third-order valence-corrected chi connectivity index (χ3v) is 4.89. The normalized spacial score (nSPS) is 27.8. The maximum absolute atomic E-state index is 10.7. The molecule has 0 heterocycles. The van der Waals surface area contributed by atoms with E-state index in [9.17, 15) is 5.11 Å². The van der Waals surface area contributed by atoms with Crippen molar-refractivity contribution in [3.05, 3.63) is 0 Å². The molecule has 16 heavy (non-hydrogen) atoms. The van der Waals surface area contributed by atoms with Crippen LogP contribution in [0.25, 0.3) is 0 Å². The lowest BCUT2D eigenvalue weighted by Crippen LogP contribution is -2.38. The van der Waals surface area contributed by atoms with E-state index in [2.05, 4.69) is 13.8 Å². The Hall–Kier alpha value is -0.0400. The van der Waals surface area contributed by atoms with Gasteiger partial charge in [0.1, 0.15) is 0 Å². The Labute approximate surface area is 101 Å². The molecule has 0 saturated heterocycles. The van der Waals surface area contributed by atoms with Crippen molar-refractivity contribution in [2.45, 2.75) is 77.7 Å². The van der Waals surface area contributed by atoms with Crippen molar-refractivity contribution in [1.29, 1.82) is 0 Å². The van der Waals surface area contributed by atoms with Gasteiger partial charge in [-0.1, -0.05) is 39.5 Å². The van der Waals surface area contributed by atoms with E-state index in [1.807, 2.05) is 0 Å². The van der Waals surface area contributed by atoms with Crippen molar-refractivity contribution >= 4 is 0 Å². The molecule has 0 bridgehead atoms. The summed E-state index contributed by atoms with van der Waals surface area (Å²) in [6, 6.07) is 0. The minimum Gasteiger partial charge on any atom is -0.392 e. The van der Waals surface area contributed by atoms with Crippen molar-refractivity contribution in [2.75, 3.05) is 0 Å². The van der Waals surface area contributed by atoms with Crippen LogP contribution in [-0.4, -0.2) is 11.2 Å². The summed E-state index contributed by atoms with van der Waals surface area (Å²) in [6.45, 7) is 4.61. The van der Waals surface area contributed by atoms with Crippen LogP contribution in [0.15, 0.2) is 0 Å². The summed E-state index contributed by atoms with van der Waals surface area (Å²) in [6.07, 6.45) is 11.7. The molecule has 2 rings (SSSR count). The maximum Gasteiger partial charge on any atom is 0.0624 e. The van der Waals surface area contributed by atoms with Crippen LogP contribution in [0.5, 0.6) is 0 Å². The Balaban J connectivity index is 2.05. The molecule has 2 fully saturated rings. The molecule has 0 aromatic heterocycles. The molecule has 1 N–H and O–H groups in total. The van der Waals surface area contributed by atoms with Crippen molar-refractivity contribution in [3.63, 3.8) is 0 Å². The van der Waals surface area contributed by atoms with E-state index in [4.69, 9.17) is 0 Å². The highest BCUT2D eigenvalue weighted by Crippen LogP contribution is 2.50. The molecule has 1 heteroatoms. The van der Waals surface area contributed by atoms with E-state index in [0.717, 1.165) is 5.92 Å². The van der Waals surface area contributed by atoms with Gasteiger partial charge in [0.05, 0.1) is 6.10 Å². The van der Waals surface area contributed by atoms with Crippen molar-refractivity contribution < 1.29 is 5.11 Å². The summed E-state index contributed by atoms with van der Waals surface area (Å²) in [4.78, 5) is 0. The highest BCUT2D eigenvalue weighted by molar-refractivity contribution is 4.95. The Kier molecular flexibility index (Phi) is 3.94. The standard InChI is InChI=1S/C15H28O/c1-12(2)11-15(9-5-6-10-15)14(16)13-7-3-4-8-13/h12-14,16H,3-11H2,1-2H3. The van der Waals surface area contributed by atoms with Crippen LogP contribution in [0.1, 0.15) is 71.6 Å². The lowest BCUT2D eigenvalue weighted by molar-refractivity contribution is -0.0270. The molecular formula is C15H28O. The summed E-state index contributed by atoms with van der Waals surface area (Å²) in [5.74, 6) is 1.35. The van der Waals surface area contributed by atoms with Crippen LogP contribution in [0.4, 0.5) is 0 Å². The van der Waals surface area contributed by atoms with Gasteiger partial charge in [-0.15, -0.1) is 0 Å². The van der Waals surface area contributed by atoms with Crippen LogP contribution in [0, 0.1) is 17.3 Å². The van der Waals surface area contributed by atoms with Crippen molar-refractivity contribution in [2.24, 2.45) is 17.3 Å². The molecule has 1 atom stereocenters. The van der Waals surface area contributed by atoms with Gasteiger partial charge in [-0.2, -0.15) is 0 Å². The van der Waals surface area contributed by atoms with Crippen LogP contribution in [0.2, 0.25) is 0 Å². The number of rotatable bonds is 4. The first kappa shape index (κ1) is 12.4. The summed E-state index contributed by atoms with van der Waals surface area (Å²) >= 11 is 0. The van der Waals surface area contributed by atoms with Crippen LogP contribution in [0.3, 0.4) is 0 Å². The smallest absolute Gasteiger partial charge is 0.0624 e. The topological polar surface area (TPSA) is 20.2 Å². The van der Waals surface area contributed by atoms with Gasteiger partial charge in [0.2, 0.25) is 0 Å². The Bertz CT molecular complexity index is 209. The molecule has 0 aliphatic heterocycles. The van der Waals surface area contributed by atoms with Gasteiger partial charge in [0.25, 0.3) is 0 Å². The lowest BCUT2D eigenvalue weighted by atomic mass is 9.69. The molecule has 0 radical (unpaired) electrons. The zero-order valence-corrected chi connectivity index (χ0v) is 11.0. The summed E-state index contributed by atoms with van der Waals surface area (Å²) in [7, 11) is 0. The van der Waals surface area contributed by atoms with E-state index in [-0.39, 0.29) is 6.10 Å². The van der Waals surface area contributed by atoms with Gasteiger partial charge in [0, 0.05) is 0 Å². The molecule has 1 nitrogen and oxygen atoms in total. The number of hydrogen-bond donors (Lipinski definition) is 1.